The van der Waals surface area contributed by atoms with Crippen molar-refractivity contribution in [2.45, 2.75) is 0 Å². The lowest BCUT2D eigenvalue weighted by atomic mass is 9.84. The van der Waals surface area contributed by atoms with Gasteiger partial charge in [0.2, 0.25) is 0 Å². The van der Waals surface area contributed by atoms with Crippen molar-refractivity contribution in [3.8, 4) is 86.8 Å². The average molecular weight is 1390 g/mol. The van der Waals surface area contributed by atoms with E-state index in [0.717, 1.165) is 64.4 Å². The molecule has 0 spiro atoms. The molecular weight excluding hydrogens is 1340 g/mol. The molecule has 22 rings (SSSR count). The third kappa shape index (κ3) is 10.3. The largest absolute Gasteiger partial charge is 0.236 e. The number of benzene rings is 18. The first-order valence-corrected chi connectivity index (χ1v) is 38.2. The van der Waals surface area contributed by atoms with Crippen molar-refractivity contribution >= 4 is 172 Å². The molecule has 4 nitrogen and oxygen atoms in total. The van der Waals surface area contributed by atoms with Gasteiger partial charge in [0, 0.05) is 33.0 Å². The number of nitrogens with zero attached hydrogens (tertiary/aromatic N) is 4. The summed E-state index contributed by atoms with van der Waals surface area (Å²) in [6.45, 7) is 0. The number of aromatic nitrogens is 4. The van der Waals surface area contributed by atoms with Gasteiger partial charge in [-0.1, -0.05) is 279 Å². The van der Waals surface area contributed by atoms with Gasteiger partial charge < -0.3 is 0 Å². The van der Waals surface area contributed by atoms with E-state index < -0.39 is 0 Å². The minimum atomic E-state index is 1.04. The van der Waals surface area contributed by atoms with E-state index in [1.165, 1.54) is 149 Å². The standard InChI is InChI=1S/C52H30N2S2.C44H26N2S2/c1-2-12-38-30-44-43(29-37(38)11-1)47(33-17-21-35(22-18-33)51-53-45-27-25-31-9-3-5-13-39(31)49(45)55-51)41-15-7-8-16-42(41)48(44)34-19-23-36(24-20-34)52-54-46-28-26-32-10-4-6-14-40(32)50(46)56-52;1-2-10-32-26-36-35(25-31(32)9-1)41(27-17-21-29(22-18-27)43-45-37-13-5-7-15-39(37)47-43)33-11-3-4-12-34(33)42(36)28-19-23-30(24-20-28)44-46-38-14-6-8-16-40(38)48-44/h1-30H;1-26H. The average Bonchev–Trinajstić information content (AvgIpc) is 1.57. The van der Waals surface area contributed by atoms with Crippen molar-refractivity contribution in [2.75, 3.05) is 0 Å². The lowest BCUT2D eigenvalue weighted by Gasteiger charge is -2.19. The van der Waals surface area contributed by atoms with Gasteiger partial charge in [0.1, 0.15) is 20.0 Å². The highest BCUT2D eigenvalue weighted by molar-refractivity contribution is 7.23. The number of fused-ring (bicyclic) bond motifs is 14. The Kier molecular flexibility index (Phi) is 14.3. The second kappa shape index (κ2) is 24.7. The van der Waals surface area contributed by atoms with Crippen molar-refractivity contribution < 1.29 is 0 Å². The van der Waals surface area contributed by atoms with Gasteiger partial charge in [0.15, 0.2) is 0 Å². The molecule has 0 atom stereocenters. The van der Waals surface area contributed by atoms with Gasteiger partial charge in [-0.05, 0) is 181 Å². The molecule has 0 aliphatic carbocycles. The number of hydrogen-bond donors (Lipinski definition) is 0. The van der Waals surface area contributed by atoms with Crippen LogP contribution in [0.5, 0.6) is 0 Å². The molecule has 0 amide bonds. The Morgan fingerprint density at radius 3 is 0.712 bits per heavy atom. The molecule has 484 valence electrons. The summed E-state index contributed by atoms with van der Waals surface area (Å²) in [6.07, 6.45) is 0. The third-order valence-corrected chi connectivity index (χ3v) is 25.1. The minimum Gasteiger partial charge on any atom is -0.236 e. The van der Waals surface area contributed by atoms with E-state index in [1.54, 1.807) is 45.3 Å². The van der Waals surface area contributed by atoms with E-state index in [2.05, 4.69) is 340 Å². The highest BCUT2D eigenvalue weighted by atomic mass is 32.1. The van der Waals surface area contributed by atoms with Crippen molar-refractivity contribution in [1.82, 2.24) is 19.9 Å². The van der Waals surface area contributed by atoms with Crippen molar-refractivity contribution in [2.24, 2.45) is 0 Å². The summed E-state index contributed by atoms with van der Waals surface area (Å²) in [5.74, 6) is 0. The monoisotopic (exact) mass is 1390 g/mol. The van der Waals surface area contributed by atoms with E-state index in [4.69, 9.17) is 19.9 Å². The normalized spacial score (nSPS) is 11.8. The van der Waals surface area contributed by atoms with Gasteiger partial charge in [-0.15, -0.1) is 45.3 Å². The van der Waals surface area contributed by atoms with Crippen LogP contribution in [0.4, 0.5) is 0 Å². The van der Waals surface area contributed by atoms with Crippen molar-refractivity contribution in [3.63, 3.8) is 0 Å². The van der Waals surface area contributed by atoms with E-state index >= 15 is 0 Å². The molecule has 0 unspecified atom stereocenters. The summed E-state index contributed by atoms with van der Waals surface area (Å²) in [5, 5.41) is 24.1. The maximum absolute atomic E-state index is 5.08. The van der Waals surface area contributed by atoms with Crippen LogP contribution in [0.3, 0.4) is 0 Å². The molecule has 0 N–H and O–H groups in total. The first kappa shape index (κ1) is 60.4. The summed E-state index contributed by atoms with van der Waals surface area (Å²) in [4.78, 5) is 20.0. The summed E-state index contributed by atoms with van der Waals surface area (Å²) in [5.41, 5.74) is 18.6. The number of hydrogen-bond acceptors (Lipinski definition) is 8. The summed E-state index contributed by atoms with van der Waals surface area (Å²) >= 11 is 7.04. The van der Waals surface area contributed by atoms with E-state index in [0.29, 0.717) is 0 Å². The highest BCUT2D eigenvalue weighted by Crippen LogP contribution is 2.49. The molecule has 18 aromatic carbocycles. The van der Waals surface area contributed by atoms with Gasteiger partial charge in [0.05, 0.1) is 40.9 Å². The van der Waals surface area contributed by atoms with Crippen molar-refractivity contribution in [3.05, 3.63) is 340 Å². The quantitative estimate of drug-likeness (QED) is 0.142. The number of para-hydroxylation sites is 2. The Balaban J connectivity index is 0.000000136. The molecule has 0 saturated heterocycles. The molecular formula is C96H56N4S4. The SMILES string of the molecule is c1ccc2cc3c(-c4ccc(-c5nc6ccc7ccccc7c6s5)cc4)c4ccccc4c(-c4ccc(-c5nc6ccc7ccccc7c6s5)cc4)c3cc2c1.c1ccc2cc3c(-c4ccc(-c5nc6ccccc6s5)cc4)c4ccccc4c(-c4ccc(-c5nc6ccccc6s5)cc4)c3cc2c1. The molecule has 0 aliphatic heterocycles. The van der Waals surface area contributed by atoms with Crippen LogP contribution < -0.4 is 0 Å². The first-order chi connectivity index (χ1) is 51.5. The zero-order valence-electron chi connectivity index (χ0n) is 55.8. The third-order valence-electron chi connectivity index (χ3n) is 20.6. The van der Waals surface area contributed by atoms with Gasteiger partial charge in [-0.25, -0.2) is 19.9 Å². The Morgan fingerprint density at radius 2 is 0.404 bits per heavy atom. The van der Waals surface area contributed by atoms with Crippen LogP contribution in [-0.4, -0.2) is 19.9 Å². The van der Waals surface area contributed by atoms with Crippen LogP contribution in [-0.2, 0) is 0 Å². The smallest absolute Gasteiger partial charge is 0.124 e. The van der Waals surface area contributed by atoms with Crippen molar-refractivity contribution in [1.29, 1.82) is 0 Å². The van der Waals surface area contributed by atoms with Crippen LogP contribution in [0.1, 0.15) is 0 Å². The molecule has 0 saturated carbocycles. The second-order valence-corrected chi connectivity index (χ2v) is 30.7. The van der Waals surface area contributed by atoms with Crippen LogP contribution in [0.25, 0.3) is 214 Å². The lowest BCUT2D eigenvalue weighted by molar-refractivity contribution is 1.48. The van der Waals surface area contributed by atoms with Crippen LogP contribution >= 0.6 is 45.3 Å². The minimum absolute atomic E-state index is 1.04. The van der Waals surface area contributed by atoms with Crippen LogP contribution in [0, 0.1) is 0 Å². The molecule has 0 bridgehead atoms. The topological polar surface area (TPSA) is 51.6 Å². The Labute approximate surface area is 614 Å². The highest BCUT2D eigenvalue weighted by Gasteiger charge is 2.22. The van der Waals surface area contributed by atoms with E-state index in [9.17, 15) is 0 Å². The fourth-order valence-electron chi connectivity index (χ4n) is 15.6. The number of thiazole rings is 4. The summed E-state index contributed by atoms with van der Waals surface area (Å²) < 4.78 is 4.90. The fourth-order valence-corrected chi connectivity index (χ4v) is 19.8. The molecule has 4 heterocycles. The maximum atomic E-state index is 5.08. The zero-order valence-corrected chi connectivity index (χ0v) is 59.0. The predicted octanol–water partition coefficient (Wildman–Crippen LogP) is 28.4. The maximum Gasteiger partial charge on any atom is 0.124 e. The molecule has 0 aliphatic rings. The van der Waals surface area contributed by atoms with Gasteiger partial charge in [-0.2, -0.15) is 0 Å². The molecule has 8 heteroatoms. The fraction of sp³-hybridized carbons (Fsp3) is 0. The first-order valence-electron chi connectivity index (χ1n) is 35.0. The van der Waals surface area contributed by atoms with Gasteiger partial charge in [-0.3, -0.25) is 0 Å². The zero-order chi connectivity index (χ0) is 68.3. The lowest BCUT2D eigenvalue weighted by Crippen LogP contribution is -1.92. The number of rotatable bonds is 8. The molecule has 22 aromatic rings. The summed E-state index contributed by atoms with van der Waals surface area (Å²) in [7, 11) is 0. The van der Waals surface area contributed by atoms with E-state index in [1.807, 2.05) is 0 Å². The second-order valence-electron chi connectivity index (χ2n) is 26.7. The Hall–Kier alpha value is -12.4. The Bertz CT molecular complexity index is 6710. The van der Waals surface area contributed by atoms with Crippen LogP contribution in [0.15, 0.2) is 340 Å². The molecule has 0 fully saturated rings. The molecule has 0 radical (unpaired) electrons. The molecule has 104 heavy (non-hydrogen) atoms. The predicted molar refractivity (Wildman–Crippen MR) is 449 cm³/mol. The molecule has 4 aromatic heterocycles. The van der Waals surface area contributed by atoms with Gasteiger partial charge in [0.25, 0.3) is 0 Å². The van der Waals surface area contributed by atoms with E-state index in [-0.39, 0.29) is 0 Å². The van der Waals surface area contributed by atoms with Gasteiger partial charge >= 0.3 is 0 Å². The van der Waals surface area contributed by atoms with Crippen LogP contribution in [0.2, 0.25) is 0 Å². The Morgan fingerprint density at radius 1 is 0.163 bits per heavy atom. The summed E-state index contributed by atoms with van der Waals surface area (Å²) in [6, 6.07) is 123.